The van der Waals surface area contributed by atoms with Crippen LogP contribution in [-0.2, 0) is 17.4 Å². The second kappa shape index (κ2) is 6.39. The molecule has 0 atom stereocenters. The predicted molar refractivity (Wildman–Crippen MR) is 70.4 cm³/mol. The summed E-state index contributed by atoms with van der Waals surface area (Å²) in [5.74, 6) is 0.523. The molecular formula is C15H18F3NO. The first-order valence-corrected chi connectivity index (χ1v) is 6.83. The molecule has 0 saturated carbocycles. The van der Waals surface area contributed by atoms with Crippen molar-refractivity contribution in [3.05, 3.63) is 35.4 Å². The second-order valence-electron chi connectivity index (χ2n) is 5.31. The van der Waals surface area contributed by atoms with Crippen LogP contribution in [0.3, 0.4) is 0 Å². The summed E-state index contributed by atoms with van der Waals surface area (Å²) in [7, 11) is 0. The molecule has 1 aliphatic rings. The molecule has 0 unspecified atom stereocenters. The quantitative estimate of drug-likeness (QED) is 0.920. The van der Waals surface area contributed by atoms with Crippen LogP contribution in [0.2, 0.25) is 0 Å². The molecule has 1 fully saturated rings. The van der Waals surface area contributed by atoms with Crippen molar-refractivity contribution in [1.29, 1.82) is 0 Å². The maximum Gasteiger partial charge on any atom is 0.416 e. The van der Waals surface area contributed by atoms with E-state index in [2.05, 4.69) is 5.32 Å². The van der Waals surface area contributed by atoms with Gasteiger partial charge in [0.1, 0.15) is 5.78 Å². The van der Waals surface area contributed by atoms with Gasteiger partial charge < -0.3 is 5.32 Å². The summed E-state index contributed by atoms with van der Waals surface area (Å²) in [6.07, 6.45) is -1.57. The Bertz CT molecular complexity index is 447. The number of carbonyl (C=O) groups is 1. The molecule has 1 aromatic rings. The number of hydrogen-bond donors (Lipinski definition) is 1. The lowest BCUT2D eigenvalue weighted by molar-refractivity contribution is -0.137. The van der Waals surface area contributed by atoms with Crippen molar-refractivity contribution >= 4 is 5.78 Å². The van der Waals surface area contributed by atoms with Gasteiger partial charge in [-0.2, -0.15) is 13.2 Å². The van der Waals surface area contributed by atoms with Crippen LogP contribution >= 0.6 is 0 Å². The molecule has 0 aromatic heterocycles. The minimum atomic E-state index is -4.32. The summed E-state index contributed by atoms with van der Waals surface area (Å²) in [6.45, 7) is 1.89. The highest BCUT2D eigenvalue weighted by atomic mass is 19.4. The average Bonchev–Trinajstić information content (AvgIpc) is 2.39. The van der Waals surface area contributed by atoms with E-state index < -0.39 is 11.7 Å². The van der Waals surface area contributed by atoms with Crippen LogP contribution in [0.1, 0.15) is 30.4 Å². The topological polar surface area (TPSA) is 29.1 Å². The number of piperidine rings is 1. The maximum absolute atomic E-state index is 12.4. The van der Waals surface area contributed by atoms with E-state index in [9.17, 15) is 18.0 Å². The molecule has 1 heterocycles. The second-order valence-corrected chi connectivity index (χ2v) is 5.31. The van der Waals surface area contributed by atoms with Crippen LogP contribution in [0.25, 0.3) is 0 Å². The van der Waals surface area contributed by atoms with Crippen LogP contribution < -0.4 is 5.32 Å². The Balaban J connectivity index is 1.87. The van der Waals surface area contributed by atoms with Crippen LogP contribution in [0.4, 0.5) is 13.2 Å². The van der Waals surface area contributed by atoms with Crippen LogP contribution in [0.5, 0.6) is 0 Å². The van der Waals surface area contributed by atoms with Crippen molar-refractivity contribution in [1.82, 2.24) is 5.32 Å². The minimum Gasteiger partial charge on any atom is -0.317 e. The van der Waals surface area contributed by atoms with Gasteiger partial charge in [0.2, 0.25) is 0 Å². The lowest BCUT2D eigenvalue weighted by Crippen LogP contribution is -2.29. The molecule has 1 N–H and O–H groups in total. The molecular weight excluding hydrogens is 267 g/mol. The number of carbonyl (C=O) groups excluding carboxylic acids is 1. The Labute approximate surface area is 116 Å². The first kappa shape index (κ1) is 15.0. The Morgan fingerprint density at radius 3 is 2.30 bits per heavy atom. The Morgan fingerprint density at radius 2 is 1.75 bits per heavy atom. The predicted octanol–water partition coefficient (Wildman–Crippen LogP) is 3.21. The van der Waals surface area contributed by atoms with Crippen molar-refractivity contribution in [2.24, 2.45) is 5.92 Å². The number of Topliss-reactive ketones (excluding diaryl/α,β-unsaturated/α-hetero) is 1. The van der Waals surface area contributed by atoms with E-state index in [-0.39, 0.29) is 12.2 Å². The van der Waals surface area contributed by atoms with E-state index in [1.54, 1.807) is 0 Å². The summed E-state index contributed by atoms with van der Waals surface area (Å²) >= 11 is 0. The van der Waals surface area contributed by atoms with Crippen molar-refractivity contribution < 1.29 is 18.0 Å². The maximum atomic E-state index is 12.4. The highest BCUT2D eigenvalue weighted by Gasteiger charge is 2.30. The fourth-order valence-corrected chi connectivity index (χ4v) is 2.52. The Kier molecular flexibility index (Phi) is 4.81. The summed E-state index contributed by atoms with van der Waals surface area (Å²) in [6, 6.07) is 4.85. The Hall–Kier alpha value is -1.36. The van der Waals surface area contributed by atoms with Gasteiger partial charge >= 0.3 is 6.18 Å². The molecule has 0 bridgehead atoms. The minimum absolute atomic E-state index is 0.108. The molecule has 2 nitrogen and oxygen atoms in total. The van der Waals surface area contributed by atoms with Crippen molar-refractivity contribution in [2.75, 3.05) is 13.1 Å². The molecule has 0 amide bonds. The lowest BCUT2D eigenvalue weighted by Gasteiger charge is -2.21. The number of ketones is 1. The van der Waals surface area contributed by atoms with E-state index in [1.807, 2.05) is 0 Å². The monoisotopic (exact) mass is 285 g/mol. The molecule has 0 spiro atoms. The molecule has 110 valence electrons. The third-order valence-corrected chi connectivity index (χ3v) is 3.66. The van der Waals surface area contributed by atoms with Crippen LogP contribution in [0, 0.1) is 5.92 Å². The molecule has 1 aliphatic heterocycles. The third-order valence-electron chi connectivity index (χ3n) is 3.66. The highest BCUT2D eigenvalue weighted by molar-refractivity contribution is 5.81. The van der Waals surface area contributed by atoms with Gasteiger partial charge in [-0.1, -0.05) is 12.1 Å². The van der Waals surface area contributed by atoms with E-state index >= 15 is 0 Å². The largest absolute Gasteiger partial charge is 0.416 e. The van der Waals surface area contributed by atoms with Crippen molar-refractivity contribution in [3.63, 3.8) is 0 Å². The molecule has 5 heteroatoms. The zero-order valence-electron chi connectivity index (χ0n) is 11.2. The lowest BCUT2D eigenvalue weighted by atomic mass is 9.91. The fourth-order valence-electron chi connectivity index (χ4n) is 2.52. The summed E-state index contributed by atoms with van der Waals surface area (Å²) < 4.78 is 37.3. The average molecular weight is 285 g/mol. The number of halogens is 3. The molecule has 0 aliphatic carbocycles. The standard InChI is InChI=1S/C15H18F3NO/c16-15(17,18)13-3-1-11(2-4-13)9-14(20)10-12-5-7-19-8-6-12/h1-4,12,19H,5-10H2. The van der Waals surface area contributed by atoms with Gasteiger partial charge in [-0.25, -0.2) is 0 Å². The van der Waals surface area contributed by atoms with E-state index in [1.165, 1.54) is 12.1 Å². The Morgan fingerprint density at radius 1 is 1.15 bits per heavy atom. The van der Waals surface area contributed by atoms with Crippen LogP contribution in [-0.4, -0.2) is 18.9 Å². The first-order chi connectivity index (χ1) is 9.45. The fraction of sp³-hybridized carbons (Fsp3) is 0.533. The number of rotatable bonds is 4. The summed E-state index contributed by atoms with van der Waals surface area (Å²) in [5.41, 5.74) is -0.0241. The smallest absolute Gasteiger partial charge is 0.317 e. The first-order valence-electron chi connectivity index (χ1n) is 6.83. The van der Waals surface area contributed by atoms with Gasteiger partial charge in [-0.15, -0.1) is 0 Å². The molecule has 20 heavy (non-hydrogen) atoms. The van der Waals surface area contributed by atoms with Gasteiger partial charge in [0.15, 0.2) is 0 Å². The van der Waals surface area contributed by atoms with Gasteiger partial charge in [-0.3, -0.25) is 4.79 Å². The highest BCUT2D eigenvalue weighted by Crippen LogP contribution is 2.29. The zero-order valence-corrected chi connectivity index (χ0v) is 11.2. The van der Waals surface area contributed by atoms with E-state index in [0.29, 0.717) is 17.9 Å². The zero-order chi connectivity index (χ0) is 14.6. The summed E-state index contributed by atoms with van der Waals surface area (Å²) in [4.78, 5) is 11.9. The number of alkyl halides is 3. The van der Waals surface area contributed by atoms with E-state index in [0.717, 1.165) is 38.1 Å². The molecule has 2 rings (SSSR count). The van der Waals surface area contributed by atoms with Gasteiger partial charge in [0, 0.05) is 12.8 Å². The number of nitrogens with one attached hydrogen (secondary N) is 1. The van der Waals surface area contributed by atoms with Gasteiger partial charge in [0.05, 0.1) is 5.56 Å². The van der Waals surface area contributed by atoms with Crippen molar-refractivity contribution in [2.45, 2.75) is 31.9 Å². The third kappa shape index (κ3) is 4.34. The van der Waals surface area contributed by atoms with Gasteiger partial charge in [-0.05, 0) is 49.5 Å². The van der Waals surface area contributed by atoms with Crippen molar-refractivity contribution in [3.8, 4) is 0 Å². The van der Waals surface area contributed by atoms with Crippen LogP contribution in [0.15, 0.2) is 24.3 Å². The summed E-state index contributed by atoms with van der Waals surface area (Å²) in [5, 5.41) is 3.24. The molecule has 0 radical (unpaired) electrons. The molecule has 1 aromatic carbocycles. The number of benzene rings is 1. The SMILES string of the molecule is O=C(Cc1ccc(C(F)(F)F)cc1)CC1CCNCC1. The normalized spacial score (nSPS) is 17.1. The van der Waals surface area contributed by atoms with Gasteiger partial charge in [0.25, 0.3) is 0 Å². The van der Waals surface area contributed by atoms with E-state index in [4.69, 9.17) is 0 Å². The molecule has 1 saturated heterocycles. The number of hydrogen-bond acceptors (Lipinski definition) is 2.